The molecule has 0 radical (unpaired) electrons. The molecule has 0 atom stereocenters. The number of rotatable bonds is 4. The molecule has 2 rings (SSSR count). The lowest BCUT2D eigenvalue weighted by molar-refractivity contribution is 0.340. The summed E-state index contributed by atoms with van der Waals surface area (Å²) in [5.74, 6) is 0.893. The molecule has 0 spiro atoms. The Morgan fingerprint density at radius 3 is 2.44 bits per heavy atom. The van der Waals surface area contributed by atoms with E-state index in [2.05, 4.69) is 12.1 Å². The minimum atomic E-state index is 0.684. The van der Waals surface area contributed by atoms with Gasteiger partial charge in [0.1, 0.15) is 5.75 Å². The number of halogens is 1. The van der Waals surface area contributed by atoms with Crippen molar-refractivity contribution in [3.8, 4) is 5.75 Å². The second kappa shape index (κ2) is 5.78. The molecule has 0 bridgehead atoms. The lowest BCUT2D eigenvalue weighted by Gasteiger charge is -2.07. The third kappa shape index (κ3) is 3.17. The summed E-state index contributed by atoms with van der Waals surface area (Å²) in [5.41, 5.74) is 8.64. The van der Waals surface area contributed by atoms with Gasteiger partial charge in [-0.1, -0.05) is 29.8 Å². The molecule has 0 heterocycles. The summed E-state index contributed by atoms with van der Waals surface area (Å²) >= 11 is 6.16. The van der Waals surface area contributed by atoms with Gasteiger partial charge in [0.15, 0.2) is 0 Å². The Balaban J connectivity index is 2.13. The van der Waals surface area contributed by atoms with Crippen molar-refractivity contribution in [1.82, 2.24) is 0 Å². The van der Waals surface area contributed by atoms with Crippen LogP contribution >= 0.6 is 11.6 Å². The smallest absolute Gasteiger partial charge is 0.119 e. The summed E-state index contributed by atoms with van der Waals surface area (Å²) in [6.45, 7) is 2.66. The minimum absolute atomic E-state index is 0.684. The molecule has 2 aromatic carbocycles. The van der Waals surface area contributed by atoms with Gasteiger partial charge in [0.2, 0.25) is 0 Å². The highest BCUT2D eigenvalue weighted by atomic mass is 35.5. The summed E-state index contributed by atoms with van der Waals surface area (Å²) in [5, 5.41) is 0.712. The number of hydrogen-bond acceptors (Lipinski definition) is 2. The first-order chi connectivity index (χ1) is 8.69. The fourth-order valence-corrected chi connectivity index (χ4v) is 2.05. The number of nitrogen functional groups attached to an aromatic ring is 1. The lowest BCUT2D eigenvalue weighted by Crippen LogP contribution is -1.94. The zero-order chi connectivity index (χ0) is 13.0. The van der Waals surface area contributed by atoms with Crippen LogP contribution in [-0.2, 0) is 6.42 Å². The number of nitrogens with two attached hydrogens (primary N) is 1. The van der Waals surface area contributed by atoms with Crippen LogP contribution in [0.4, 0.5) is 5.69 Å². The predicted octanol–water partition coefficient (Wildman–Crippen LogP) is 3.91. The quantitative estimate of drug-likeness (QED) is 0.847. The van der Waals surface area contributed by atoms with Gasteiger partial charge in [0.25, 0.3) is 0 Å². The van der Waals surface area contributed by atoms with E-state index in [4.69, 9.17) is 22.1 Å². The van der Waals surface area contributed by atoms with Crippen molar-refractivity contribution in [3.63, 3.8) is 0 Å². The van der Waals surface area contributed by atoms with E-state index in [1.807, 2.05) is 31.2 Å². The normalized spacial score (nSPS) is 10.3. The van der Waals surface area contributed by atoms with Gasteiger partial charge in [0.05, 0.1) is 6.61 Å². The molecule has 0 aliphatic heterocycles. The molecule has 0 unspecified atom stereocenters. The predicted molar refractivity (Wildman–Crippen MR) is 76.3 cm³/mol. The molecule has 0 amide bonds. The molecule has 94 valence electrons. The summed E-state index contributed by atoms with van der Waals surface area (Å²) in [4.78, 5) is 0. The van der Waals surface area contributed by atoms with Gasteiger partial charge in [-0.3, -0.25) is 0 Å². The first kappa shape index (κ1) is 12.8. The summed E-state index contributed by atoms with van der Waals surface area (Å²) in [7, 11) is 0. The van der Waals surface area contributed by atoms with Gasteiger partial charge in [-0.05, 0) is 48.7 Å². The highest BCUT2D eigenvalue weighted by Crippen LogP contribution is 2.23. The third-order valence-corrected chi connectivity index (χ3v) is 3.06. The molecule has 0 aromatic heterocycles. The summed E-state index contributed by atoms with van der Waals surface area (Å²) in [6.07, 6.45) is 0.797. The van der Waals surface area contributed by atoms with Gasteiger partial charge < -0.3 is 10.5 Å². The van der Waals surface area contributed by atoms with Crippen LogP contribution in [0.25, 0.3) is 0 Å². The number of ether oxygens (including phenoxy) is 1. The van der Waals surface area contributed by atoms with E-state index >= 15 is 0 Å². The van der Waals surface area contributed by atoms with Crippen LogP contribution in [0.3, 0.4) is 0 Å². The summed E-state index contributed by atoms with van der Waals surface area (Å²) in [6, 6.07) is 13.7. The molecule has 2 N–H and O–H groups in total. The highest BCUT2D eigenvalue weighted by Gasteiger charge is 2.02. The number of hydrogen-bond donors (Lipinski definition) is 1. The Bertz CT molecular complexity index is 523. The largest absolute Gasteiger partial charge is 0.494 e. The molecule has 2 aromatic rings. The number of anilines is 1. The van der Waals surface area contributed by atoms with Gasteiger partial charge in [0, 0.05) is 10.7 Å². The molecule has 0 aliphatic rings. The fourth-order valence-electron chi connectivity index (χ4n) is 1.80. The van der Waals surface area contributed by atoms with E-state index in [1.165, 1.54) is 5.56 Å². The van der Waals surface area contributed by atoms with E-state index in [0.29, 0.717) is 17.3 Å². The first-order valence-corrected chi connectivity index (χ1v) is 6.32. The van der Waals surface area contributed by atoms with Crippen LogP contribution in [-0.4, -0.2) is 6.61 Å². The van der Waals surface area contributed by atoms with Crippen molar-refractivity contribution in [2.75, 3.05) is 12.3 Å². The van der Waals surface area contributed by atoms with Gasteiger partial charge in [-0.15, -0.1) is 0 Å². The van der Waals surface area contributed by atoms with E-state index < -0.39 is 0 Å². The molecular weight excluding hydrogens is 246 g/mol. The maximum Gasteiger partial charge on any atom is 0.119 e. The second-order valence-corrected chi connectivity index (χ2v) is 4.51. The van der Waals surface area contributed by atoms with Crippen LogP contribution in [0.15, 0.2) is 42.5 Å². The zero-order valence-electron chi connectivity index (χ0n) is 10.3. The van der Waals surface area contributed by atoms with Crippen LogP contribution in [0.1, 0.15) is 18.1 Å². The Kier molecular flexibility index (Phi) is 4.11. The Morgan fingerprint density at radius 2 is 1.83 bits per heavy atom. The van der Waals surface area contributed by atoms with E-state index in [-0.39, 0.29) is 0 Å². The molecule has 18 heavy (non-hydrogen) atoms. The Morgan fingerprint density at radius 1 is 1.11 bits per heavy atom. The average Bonchev–Trinajstić information content (AvgIpc) is 2.35. The molecule has 2 nitrogen and oxygen atoms in total. The fraction of sp³-hybridized carbons (Fsp3) is 0.200. The maximum absolute atomic E-state index is 6.16. The highest BCUT2D eigenvalue weighted by molar-refractivity contribution is 6.31. The first-order valence-electron chi connectivity index (χ1n) is 5.94. The van der Waals surface area contributed by atoms with Crippen molar-refractivity contribution >= 4 is 17.3 Å². The maximum atomic E-state index is 6.16. The lowest BCUT2D eigenvalue weighted by atomic mass is 10.0. The van der Waals surface area contributed by atoms with Crippen molar-refractivity contribution in [2.45, 2.75) is 13.3 Å². The second-order valence-electron chi connectivity index (χ2n) is 4.10. The molecule has 3 heteroatoms. The van der Waals surface area contributed by atoms with E-state index in [9.17, 15) is 0 Å². The van der Waals surface area contributed by atoms with Crippen LogP contribution < -0.4 is 10.5 Å². The molecule has 0 saturated carbocycles. The molecule has 0 aliphatic carbocycles. The number of benzene rings is 2. The average molecular weight is 262 g/mol. The van der Waals surface area contributed by atoms with Crippen molar-refractivity contribution in [1.29, 1.82) is 0 Å². The SMILES string of the molecule is CCOc1ccc(Cc2ccc(N)cc2Cl)cc1. The van der Waals surface area contributed by atoms with Gasteiger partial charge >= 0.3 is 0 Å². The van der Waals surface area contributed by atoms with Crippen LogP contribution in [0.2, 0.25) is 5.02 Å². The van der Waals surface area contributed by atoms with Crippen molar-refractivity contribution in [3.05, 3.63) is 58.6 Å². The van der Waals surface area contributed by atoms with Gasteiger partial charge in [-0.2, -0.15) is 0 Å². The zero-order valence-corrected chi connectivity index (χ0v) is 11.1. The van der Waals surface area contributed by atoms with E-state index in [0.717, 1.165) is 17.7 Å². The minimum Gasteiger partial charge on any atom is -0.494 e. The molecule has 0 fully saturated rings. The van der Waals surface area contributed by atoms with E-state index in [1.54, 1.807) is 6.07 Å². The Hall–Kier alpha value is -1.67. The molecule has 0 saturated heterocycles. The van der Waals surface area contributed by atoms with Crippen LogP contribution in [0.5, 0.6) is 5.75 Å². The van der Waals surface area contributed by atoms with Crippen molar-refractivity contribution in [2.24, 2.45) is 0 Å². The Labute approximate surface area is 112 Å². The monoisotopic (exact) mass is 261 g/mol. The molecular formula is C15H16ClNO. The van der Waals surface area contributed by atoms with Crippen LogP contribution in [0, 0.1) is 0 Å². The van der Waals surface area contributed by atoms with Gasteiger partial charge in [-0.25, -0.2) is 0 Å². The van der Waals surface area contributed by atoms with Crippen molar-refractivity contribution < 1.29 is 4.74 Å². The standard InChI is InChI=1S/C15H16ClNO/c1-2-18-14-7-3-11(4-8-14)9-12-5-6-13(17)10-15(12)16/h3-8,10H,2,9,17H2,1H3. The summed E-state index contributed by atoms with van der Waals surface area (Å²) < 4.78 is 5.41. The third-order valence-electron chi connectivity index (χ3n) is 2.71. The topological polar surface area (TPSA) is 35.2 Å².